The second kappa shape index (κ2) is 9.66. The minimum Gasteiger partial charge on any atom is -0.385 e. The molecule has 0 bridgehead atoms. The molecule has 0 aliphatic heterocycles. The number of rotatable bonds is 7. The minimum atomic E-state index is 0.921. The fraction of sp³-hybridized carbons (Fsp3) is 1.00. The van der Waals surface area contributed by atoms with Gasteiger partial charge in [0.05, 0.1) is 0 Å². The summed E-state index contributed by atoms with van der Waals surface area (Å²) in [6.45, 7) is 0.921. The number of methoxy groups -OCH3 is 1. The summed E-state index contributed by atoms with van der Waals surface area (Å²) >= 11 is 0. The Balaban J connectivity index is 2.65. The molecule has 0 saturated carbocycles. The fourth-order valence-electron chi connectivity index (χ4n) is 0.667. The van der Waals surface area contributed by atoms with Crippen molar-refractivity contribution in [2.24, 2.45) is 0 Å². The van der Waals surface area contributed by atoms with E-state index in [4.69, 9.17) is 4.74 Å². The highest BCUT2D eigenvalue weighted by molar-refractivity contribution is 8.76. The van der Waals surface area contributed by atoms with Crippen LogP contribution in [-0.2, 0) is 4.74 Å². The smallest absolute Gasteiger partial charge is 0.0462 e. The van der Waals surface area contributed by atoms with Crippen molar-refractivity contribution in [3.05, 3.63) is 0 Å². The van der Waals surface area contributed by atoms with Crippen LogP contribution in [0.25, 0.3) is 0 Å². The lowest BCUT2D eigenvalue weighted by atomic mass is 10.3. The van der Waals surface area contributed by atoms with Crippen molar-refractivity contribution in [1.82, 2.24) is 0 Å². The Hall–Kier alpha value is 0.660. The number of hydrogen-bond acceptors (Lipinski definition) is 3. The average Bonchev–Trinajstić information content (AvgIpc) is 1.97. The van der Waals surface area contributed by atoms with E-state index in [2.05, 4.69) is 6.26 Å². The van der Waals surface area contributed by atoms with Gasteiger partial charge >= 0.3 is 0 Å². The number of unbranched alkanes of at least 4 members (excludes halogenated alkanes) is 2. The Bertz CT molecular complexity index is 51.6. The van der Waals surface area contributed by atoms with Crippen LogP contribution < -0.4 is 0 Å². The third-order valence-electron chi connectivity index (χ3n) is 1.19. The van der Waals surface area contributed by atoms with E-state index in [1.165, 1.54) is 25.0 Å². The zero-order valence-corrected chi connectivity index (χ0v) is 8.39. The molecule has 0 unspecified atom stereocenters. The molecule has 0 aliphatic carbocycles. The average molecular weight is 180 g/mol. The lowest BCUT2D eigenvalue weighted by molar-refractivity contribution is 0.192. The van der Waals surface area contributed by atoms with E-state index in [1.54, 1.807) is 7.11 Å². The van der Waals surface area contributed by atoms with Gasteiger partial charge in [-0.2, -0.15) is 0 Å². The van der Waals surface area contributed by atoms with Crippen LogP contribution in [0.4, 0.5) is 0 Å². The molecule has 0 aromatic heterocycles. The summed E-state index contributed by atoms with van der Waals surface area (Å²) in [5.41, 5.74) is 0. The van der Waals surface area contributed by atoms with Gasteiger partial charge in [0.2, 0.25) is 0 Å². The predicted octanol–water partition coefficient (Wildman–Crippen LogP) is 2.81. The Labute approximate surface area is 71.7 Å². The molecule has 0 aromatic carbocycles. The highest BCUT2D eigenvalue weighted by Gasteiger charge is 1.88. The van der Waals surface area contributed by atoms with E-state index in [-0.39, 0.29) is 0 Å². The standard InChI is InChI=1S/C7H16OS2/c1-8-6-4-3-5-7-10-9-2/h3-7H2,1-2H3. The molecule has 3 heteroatoms. The van der Waals surface area contributed by atoms with Gasteiger partial charge in [0.15, 0.2) is 0 Å². The predicted molar refractivity (Wildman–Crippen MR) is 51.7 cm³/mol. The first kappa shape index (κ1) is 10.7. The van der Waals surface area contributed by atoms with Crippen LogP contribution in [0.15, 0.2) is 0 Å². The van der Waals surface area contributed by atoms with Crippen molar-refractivity contribution in [2.75, 3.05) is 25.7 Å². The van der Waals surface area contributed by atoms with Crippen LogP contribution in [0, 0.1) is 0 Å². The first-order valence-electron chi connectivity index (χ1n) is 3.56. The second-order valence-corrected chi connectivity index (χ2v) is 4.73. The molecule has 0 spiro atoms. The molecule has 0 rings (SSSR count). The zero-order chi connectivity index (χ0) is 7.66. The molecular formula is C7H16OS2. The summed E-state index contributed by atoms with van der Waals surface area (Å²) in [6.07, 6.45) is 5.97. The first-order chi connectivity index (χ1) is 4.91. The van der Waals surface area contributed by atoms with E-state index < -0.39 is 0 Å². The van der Waals surface area contributed by atoms with Gasteiger partial charge in [0.25, 0.3) is 0 Å². The lowest BCUT2D eigenvalue weighted by Crippen LogP contribution is -1.88. The summed E-state index contributed by atoms with van der Waals surface area (Å²) in [7, 11) is 5.55. The molecule has 0 aromatic rings. The monoisotopic (exact) mass is 180 g/mol. The van der Waals surface area contributed by atoms with Crippen molar-refractivity contribution in [3.8, 4) is 0 Å². The third-order valence-corrected chi connectivity index (χ3v) is 3.09. The number of ether oxygens (including phenoxy) is 1. The summed E-state index contributed by atoms with van der Waals surface area (Å²) in [5.74, 6) is 1.28. The summed E-state index contributed by atoms with van der Waals surface area (Å²) in [6, 6.07) is 0. The van der Waals surface area contributed by atoms with E-state index in [0.717, 1.165) is 6.61 Å². The lowest BCUT2D eigenvalue weighted by Gasteiger charge is -1.98. The van der Waals surface area contributed by atoms with E-state index in [1.807, 2.05) is 21.6 Å². The van der Waals surface area contributed by atoms with Crippen molar-refractivity contribution in [3.63, 3.8) is 0 Å². The van der Waals surface area contributed by atoms with Crippen LogP contribution in [0.3, 0.4) is 0 Å². The van der Waals surface area contributed by atoms with Crippen LogP contribution >= 0.6 is 21.6 Å². The Kier molecular flexibility index (Phi) is 10.3. The Morgan fingerprint density at radius 1 is 1.20 bits per heavy atom. The van der Waals surface area contributed by atoms with E-state index in [0.29, 0.717) is 0 Å². The van der Waals surface area contributed by atoms with E-state index in [9.17, 15) is 0 Å². The van der Waals surface area contributed by atoms with Gasteiger partial charge in [0, 0.05) is 19.5 Å². The highest BCUT2D eigenvalue weighted by Crippen LogP contribution is 2.18. The highest BCUT2D eigenvalue weighted by atomic mass is 33.1. The molecule has 1 nitrogen and oxygen atoms in total. The molecule has 10 heavy (non-hydrogen) atoms. The van der Waals surface area contributed by atoms with Gasteiger partial charge in [-0.05, 0) is 19.1 Å². The molecule has 0 saturated heterocycles. The summed E-state index contributed by atoms with van der Waals surface area (Å²) in [5, 5.41) is 0. The molecule has 0 radical (unpaired) electrons. The van der Waals surface area contributed by atoms with Crippen LogP contribution in [-0.4, -0.2) is 25.7 Å². The van der Waals surface area contributed by atoms with Gasteiger partial charge < -0.3 is 4.74 Å². The first-order valence-corrected chi connectivity index (χ1v) is 6.29. The summed E-state index contributed by atoms with van der Waals surface area (Å²) < 4.78 is 4.94. The largest absolute Gasteiger partial charge is 0.385 e. The topological polar surface area (TPSA) is 9.23 Å². The maximum Gasteiger partial charge on any atom is 0.0462 e. The molecule has 0 aliphatic rings. The SMILES string of the molecule is COCCCCCSSC. The molecular weight excluding hydrogens is 164 g/mol. The second-order valence-electron chi connectivity index (χ2n) is 2.04. The van der Waals surface area contributed by atoms with Crippen molar-refractivity contribution < 1.29 is 4.74 Å². The van der Waals surface area contributed by atoms with Gasteiger partial charge in [-0.3, -0.25) is 0 Å². The van der Waals surface area contributed by atoms with Gasteiger partial charge in [0.1, 0.15) is 0 Å². The third kappa shape index (κ3) is 8.66. The maximum atomic E-state index is 4.94. The molecule has 62 valence electrons. The molecule has 0 atom stereocenters. The quantitative estimate of drug-likeness (QED) is 0.440. The molecule has 0 heterocycles. The van der Waals surface area contributed by atoms with Crippen molar-refractivity contribution in [2.45, 2.75) is 19.3 Å². The van der Waals surface area contributed by atoms with Crippen molar-refractivity contribution >= 4 is 21.6 Å². The van der Waals surface area contributed by atoms with Crippen LogP contribution in [0.1, 0.15) is 19.3 Å². The van der Waals surface area contributed by atoms with Gasteiger partial charge in [-0.25, -0.2) is 0 Å². The van der Waals surface area contributed by atoms with Crippen molar-refractivity contribution in [1.29, 1.82) is 0 Å². The summed E-state index contributed by atoms with van der Waals surface area (Å²) in [4.78, 5) is 0. The minimum absolute atomic E-state index is 0.921. The normalized spacial score (nSPS) is 10.2. The maximum absolute atomic E-state index is 4.94. The van der Waals surface area contributed by atoms with Gasteiger partial charge in [-0.15, -0.1) is 0 Å². The molecule has 0 N–H and O–H groups in total. The fourth-order valence-corrected chi connectivity index (χ4v) is 2.01. The number of hydrogen-bond donors (Lipinski definition) is 0. The van der Waals surface area contributed by atoms with Crippen LogP contribution in [0.5, 0.6) is 0 Å². The molecule has 0 amide bonds. The van der Waals surface area contributed by atoms with Gasteiger partial charge in [-0.1, -0.05) is 28.0 Å². The van der Waals surface area contributed by atoms with Crippen LogP contribution in [0.2, 0.25) is 0 Å². The Morgan fingerprint density at radius 3 is 2.60 bits per heavy atom. The Morgan fingerprint density at radius 2 is 2.00 bits per heavy atom. The zero-order valence-electron chi connectivity index (χ0n) is 6.76. The molecule has 0 fully saturated rings. The van der Waals surface area contributed by atoms with E-state index >= 15 is 0 Å².